The summed E-state index contributed by atoms with van der Waals surface area (Å²) in [5.41, 5.74) is 0.748. The Bertz CT molecular complexity index is 921. The van der Waals surface area contributed by atoms with E-state index < -0.39 is 37.5 Å². The van der Waals surface area contributed by atoms with Crippen LogP contribution in [0.25, 0.3) is 0 Å². The Labute approximate surface area is 185 Å². The molecule has 0 aliphatic heterocycles. The first-order valence-corrected chi connectivity index (χ1v) is 15.0. The van der Waals surface area contributed by atoms with Gasteiger partial charge in [0, 0.05) is 0 Å². The molecule has 0 atom stereocenters. The van der Waals surface area contributed by atoms with Crippen LogP contribution < -0.4 is 0 Å². The molecule has 0 unspecified atom stereocenters. The van der Waals surface area contributed by atoms with E-state index in [1.54, 1.807) is 91.0 Å². The van der Waals surface area contributed by atoms with E-state index in [0.29, 0.717) is 0 Å². The van der Waals surface area contributed by atoms with Gasteiger partial charge in [-0.15, -0.1) is 0 Å². The van der Waals surface area contributed by atoms with E-state index in [1.165, 1.54) is 6.08 Å². The molecule has 3 aromatic rings. The molecular weight excluding hydrogens is 503 g/mol. The van der Waals surface area contributed by atoms with Gasteiger partial charge in [-0.05, 0) is 0 Å². The van der Waals surface area contributed by atoms with Crippen molar-refractivity contribution < 1.29 is 23.6 Å². The third kappa shape index (κ3) is 6.05. The summed E-state index contributed by atoms with van der Waals surface area (Å²) in [5.74, 6) is -2.21. The molecule has 0 aliphatic rings. The zero-order valence-electron chi connectivity index (χ0n) is 16.6. The fourth-order valence-corrected chi connectivity index (χ4v) is 8.19. The Morgan fingerprint density at radius 3 is 1.16 bits per heavy atom. The fraction of sp³-hybridized carbons (Fsp3) is 0.0417. The number of allylic oxidation sites excluding steroid dienone is 1. The number of hydrogen-bond acceptors (Lipinski definition) is 6. The number of carbonyl (C=O) groups excluding carboxylic acids is 3. The molecule has 7 heteroatoms. The molecule has 6 nitrogen and oxygen atoms in total. The summed E-state index contributed by atoms with van der Waals surface area (Å²) < 4.78 is 16.9. The van der Waals surface area contributed by atoms with Crippen LogP contribution in [0, 0.1) is 0 Å². The first-order chi connectivity index (χ1) is 15.0. The maximum absolute atomic E-state index is 12.8. The molecule has 0 aliphatic carbocycles. The van der Waals surface area contributed by atoms with Gasteiger partial charge in [0.25, 0.3) is 0 Å². The second-order valence-corrected chi connectivity index (χ2v) is 13.3. The van der Waals surface area contributed by atoms with Crippen LogP contribution in [0.3, 0.4) is 0 Å². The SMILES string of the molecule is C=C[CH2][Sn]([O]C(=O)c1ccccc1)([O]C(=O)c1ccccc1)[O]C(=O)c1ccccc1. The third-order valence-corrected chi connectivity index (χ3v) is 10.7. The summed E-state index contributed by atoms with van der Waals surface area (Å²) in [6.45, 7) is 3.66. The Morgan fingerprint density at radius 1 is 0.613 bits per heavy atom. The third-order valence-electron chi connectivity index (χ3n) is 4.17. The molecular formula is C24H20O6Sn. The topological polar surface area (TPSA) is 78.9 Å². The Balaban J connectivity index is 1.94. The molecule has 0 fully saturated rings. The van der Waals surface area contributed by atoms with E-state index in [1.807, 2.05) is 0 Å². The Hall–Kier alpha value is -3.39. The van der Waals surface area contributed by atoms with Crippen molar-refractivity contribution in [2.75, 3.05) is 0 Å². The number of rotatable bonds is 8. The predicted octanol–water partition coefficient (Wildman–Crippen LogP) is 4.68. The average Bonchev–Trinajstić information content (AvgIpc) is 2.81. The summed E-state index contributed by atoms with van der Waals surface area (Å²) in [7, 11) is 0. The molecule has 0 N–H and O–H groups in total. The van der Waals surface area contributed by atoms with Crippen LogP contribution in [0.2, 0.25) is 4.44 Å². The minimum absolute atomic E-state index is 0.0651. The van der Waals surface area contributed by atoms with Gasteiger partial charge < -0.3 is 0 Å². The van der Waals surface area contributed by atoms with Gasteiger partial charge in [0.2, 0.25) is 0 Å². The van der Waals surface area contributed by atoms with Gasteiger partial charge in [0.1, 0.15) is 0 Å². The summed E-state index contributed by atoms with van der Waals surface area (Å²) in [6, 6.07) is 24.7. The van der Waals surface area contributed by atoms with Crippen molar-refractivity contribution >= 4 is 37.5 Å². The normalized spacial score (nSPS) is 10.6. The quantitative estimate of drug-likeness (QED) is 0.315. The molecule has 156 valence electrons. The summed E-state index contributed by atoms with van der Waals surface area (Å²) in [5, 5.41) is 0. The van der Waals surface area contributed by atoms with Gasteiger partial charge >= 0.3 is 186 Å². The number of hydrogen-bond donors (Lipinski definition) is 0. The minimum atomic E-state index is -5.15. The van der Waals surface area contributed by atoms with Gasteiger partial charge in [-0.25, -0.2) is 0 Å². The predicted molar refractivity (Wildman–Crippen MR) is 116 cm³/mol. The number of carbonyl (C=O) groups is 3. The van der Waals surface area contributed by atoms with Crippen LogP contribution in [-0.4, -0.2) is 37.5 Å². The summed E-state index contributed by atoms with van der Waals surface area (Å²) in [4.78, 5) is 38.4. The van der Waals surface area contributed by atoms with Crippen LogP contribution in [0.4, 0.5) is 0 Å². The van der Waals surface area contributed by atoms with Crippen LogP contribution in [0.15, 0.2) is 104 Å². The van der Waals surface area contributed by atoms with E-state index in [-0.39, 0.29) is 21.1 Å². The molecule has 0 heterocycles. The molecule has 0 bridgehead atoms. The van der Waals surface area contributed by atoms with Crippen LogP contribution >= 0.6 is 0 Å². The first kappa shape index (κ1) is 22.3. The van der Waals surface area contributed by atoms with Crippen LogP contribution in [0.5, 0.6) is 0 Å². The Kier molecular flexibility index (Phi) is 7.61. The van der Waals surface area contributed by atoms with E-state index in [4.69, 9.17) is 9.22 Å². The molecule has 0 aromatic heterocycles. The van der Waals surface area contributed by atoms with E-state index in [0.717, 1.165) is 0 Å². The Morgan fingerprint density at radius 2 is 0.903 bits per heavy atom. The zero-order valence-corrected chi connectivity index (χ0v) is 19.5. The van der Waals surface area contributed by atoms with Crippen molar-refractivity contribution in [2.45, 2.75) is 4.44 Å². The first-order valence-electron chi connectivity index (χ1n) is 9.49. The van der Waals surface area contributed by atoms with Crippen LogP contribution in [-0.2, 0) is 9.22 Å². The molecule has 3 aromatic carbocycles. The molecule has 0 amide bonds. The zero-order chi connectivity index (χ0) is 22.1. The van der Waals surface area contributed by atoms with Gasteiger partial charge in [0.15, 0.2) is 0 Å². The van der Waals surface area contributed by atoms with Gasteiger partial charge in [0.05, 0.1) is 0 Å². The standard InChI is InChI=1S/3C7H6O2.C3H5.Sn/c3*8-7(9)6-4-2-1-3-5-6;1-3-2;/h3*1-5H,(H,8,9);3H,1-2H2;/q;;;;+3/p-3. The molecule has 0 radical (unpaired) electrons. The fourth-order valence-electron chi connectivity index (χ4n) is 2.69. The van der Waals surface area contributed by atoms with Crippen molar-refractivity contribution in [1.29, 1.82) is 0 Å². The molecule has 3 rings (SSSR count). The number of benzene rings is 3. The van der Waals surface area contributed by atoms with Crippen molar-refractivity contribution in [3.63, 3.8) is 0 Å². The van der Waals surface area contributed by atoms with Crippen molar-refractivity contribution in [3.8, 4) is 0 Å². The van der Waals surface area contributed by atoms with Crippen LogP contribution in [0.1, 0.15) is 31.1 Å². The second kappa shape index (κ2) is 10.6. The summed E-state index contributed by atoms with van der Waals surface area (Å²) in [6.07, 6.45) is 1.42. The van der Waals surface area contributed by atoms with Gasteiger partial charge in [-0.2, -0.15) is 0 Å². The van der Waals surface area contributed by atoms with Crippen molar-refractivity contribution in [1.82, 2.24) is 0 Å². The summed E-state index contributed by atoms with van der Waals surface area (Å²) >= 11 is -5.15. The molecule has 0 saturated carbocycles. The van der Waals surface area contributed by atoms with Crippen molar-refractivity contribution in [3.05, 3.63) is 120 Å². The van der Waals surface area contributed by atoms with Gasteiger partial charge in [-0.1, -0.05) is 0 Å². The molecule has 31 heavy (non-hydrogen) atoms. The monoisotopic (exact) mass is 524 g/mol. The maximum atomic E-state index is 12.8. The van der Waals surface area contributed by atoms with E-state index >= 15 is 0 Å². The van der Waals surface area contributed by atoms with Gasteiger partial charge in [-0.3, -0.25) is 0 Å². The van der Waals surface area contributed by atoms with E-state index in [9.17, 15) is 14.4 Å². The second-order valence-electron chi connectivity index (χ2n) is 6.44. The van der Waals surface area contributed by atoms with Crippen molar-refractivity contribution in [2.24, 2.45) is 0 Å². The van der Waals surface area contributed by atoms with E-state index in [2.05, 4.69) is 6.58 Å². The average molecular weight is 523 g/mol. The molecule has 0 saturated heterocycles. The molecule has 0 spiro atoms.